The standard InChI is InChI=1S/C13H28N2O/c1-5-8-12(9-14)13(16)15-10(4)11(6-2)7-3/h10-12H,5-9,14H2,1-4H3,(H,15,16). The van der Waals surface area contributed by atoms with Crippen LogP contribution in [0, 0.1) is 11.8 Å². The van der Waals surface area contributed by atoms with Gasteiger partial charge in [0.2, 0.25) is 5.91 Å². The van der Waals surface area contributed by atoms with Crippen LogP contribution in [0.2, 0.25) is 0 Å². The van der Waals surface area contributed by atoms with E-state index in [1.807, 2.05) is 0 Å². The maximum atomic E-state index is 11.9. The minimum Gasteiger partial charge on any atom is -0.353 e. The molecule has 0 saturated carbocycles. The fourth-order valence-corrected chi connectivity index (χ4v) is 2.16. The first-order chi connectivity index (χ1) is 7.60. The fourth-order valence-electron chi connectivity index (χ4n) is 2.16. The second-order valence-corrected chi connectivity index (χ2v) is 4.60. The molecular weight excluding hydrogens is 200 g/mol. The maximum absolute atomic E-state index is 11.9. The van der Waals surface area contributed by atoms with Gasteiger partial charge in [0, 0.05) is 12.6 Å². The Morgan fingerprint density at radius 2 is 1.81 bits per heavy atom. The van der Waals surface area contributed by atoms with Crippen molar-refractivity contribution in [2.75, 3.05) is 6.54 Å². The predicted octanol–water partition coefficient (Wildman–Crippen LogP) is 2.30. The molecule has 0 aromatic carbocycles. The highest BCUT2D eigenvalue weighted by Crippen LogP contribution is 2.14. The normalized spacial score (nSPS) is 14.9. The van der Waals surface area contributed by atoms with Gasteiger partial charge in [0.15, 0.2) is 0 Å². The van der Waals surface area contributed by atoms with Gasteiger partial charge in [-0.15, -0.1) is 0 Å². The number of hydrogen-bond acceptors (Lipinski definition) is 2. The second kappa shape index (κ2) is 8.57. The lowest BCUT2D eigenvalue weighted by Gasteiger charge is -2.24. The molecule has 3 heteroatoms. The summed E-state index contributed by atoms with van der Waals surface area (Å²) in [6.07, 6.45) is 4.12. The van der Waals surface area contributed by atoms with E-state index in [0.717, 1.165) is 25.7 Å². The first-order valence-electron chi connectivity index (χ1n) is 6.60. The summed E-state index contributed by atoms with van der Waals surface area (Å²) >= 11 is 0. The van der Waals surface area contributed by atoms with Crippen LogP contribution in [-0.2, 0) is 4.79 Å². The zero-order chi connectivity index (χ0) is 12.6. The van der Waals surface area contributed by atoms with Crippen LogP contribution >= 0.6 is 0 Å². The molecule has 0 saturated heterocycles. The summed E-state index contributed by atoms with van der Waals surface area (Å²) in [5.41, 5.74) is 5.62. The van der Waals surface area contributed by atoms with Gasteiger partial charge in [-0.1, -0.05) is 40.0 Å². The van der Waals surface area contributed by atoms with Crippen LogP contribution in [0.4, 0.5) is 0 Å². The van der Waals surface area contributed by atoms with E-state index >= 15 is 0 Å². The predicted molar refractivity (Wildman–Crippen MR) is 69.1 cm³/mol. The number of rotatable bonds is 8. The summed E-state index contributed by atoms with van der Waals surface area (Å²) in [5.74, 6) is 0.689. The van der Waals surface area contributed by atoms with Crippen LogP contribution < -0.4 is 11.1 Å². The molecule has 3 nitrogen and oxygen atoms in total. The first kappa shape index (κ1) is 15.4. The first-order valence-corrected chi connectivity index (χ1v) is 6.60. The van der Waals surface area contributed by atoms with Gasteiger partial charge < -0.3 is 11.1 Å². The molecule has 0 fully saturated rings. The van der Waals surface area contributed by atoms with Crippen molar-refractivity contribution in [1.82, 2.24) is 5.32 Å². The van der Waals surface area contributed by atoms with Crippen molar-refractivity contribution in [2.45, 2.75) is 59.4 Å². The van der Waals surface area contributed by atoms with Gasteiger partial charge in [-0.05, 0) is 19.3 Å². The number of nitrogens with two attached hydrogens (primary N) is 1. The van der Waals surface area contributed by atoms with Crippen molar-refractivity contribution < 1.29 is 4.79 Å². The van der Waals surface area contributed by atoms with Crippen LogP contribution in [0.3, 0.4) is 0 Å². The van der Waals surface area contributed by atoms with E-state index in [9.17, 15) is 4.79 Å². The zero-order valence-corrected chi connectivity index (χ0v) is 11.3. The Balaban J connectivity index is 4.19. The average Bonchev–Trinajstić information content (AvgIpc) is 2.27. The van der Waals surface area contributed by atoms with Gasteiger partial charge in [-0.25, -0.2) is 0 Å². The summed E-state index contributed by atoms with van der Waals surface area (Å²) in [7, 11) is 0. The van der Waals surface area contributed by atoms with E-state index in [1.165, 1.54) is 0 Å². The Bertz CT molecular complexity index is 190. The number of carbonyl (C=O) groups excluding carboxylic acids is 1. The molecule has 96 valence electrons. The molecule has 0 aliphatic rings. The molecule has 2 unspecified atom stereocenters. The molecule has 0 radical (unpaired) electrons. The van der Waals surface area contributed by atoms with Gasteiger partial charge in [0.25, 0.3) is 0 Å². The van der Waals surface area contributed by atoms with Gasteiger partial charge in [-0.2, -0.15) is 0 Å². The third-order valence-electron chi connectivity index (χ3n) is 3.42. The van der Waals surface area contributed by atoms with Crippen molar-refractivity contribution in [3.8, 4) is 0 Å². The van der Waals surface area contributed by atoms with E-state index in [2.05, 4.69) is 33.0 Å². The third kappa shape index (κ3) is 4.97. The highest BCUT2D eigenvalue weighted by molar-refractivity contribution is 5.79. The number of nitrogens with one attached hydrogen (secondary N) is 1. The summed E-state index contributed by atoms with van der Waals surface area (Å²) < 4.78 is 0. The smallest absolute Gasteiger partial charge is 0.224 e. The Labute approximate surface area is 100 Å². The average molecular weight is 228 g/mol. The Kier molecular flexibility index (Phi) is 8.26. The van der Waals surface area contributed by atoms with Crippen LogP contribution in [-0.4, -0.2) is 18.5 Å². The molecule has 0 bridgehead atoms. The molecule has 0 heterocycles. The Morgan fingerprint density at radius 3 is 2.19 bits per heavy atom. The van der Waals surface area contributed by atoms with Crippen LogP contribution in [0.25, 0.3) is 0 Å². The highest BCUT2D eigenvalue weighted by atomic mass is 16.1. The van der Waals surface area contributed by atoms with Crippen molar-refractivity contribution in [3.05, 3.63) is 0 Å². The van der Waals surface area contributed by atoms with E-state index in [-0.39, 0.29) is 17.9 Å². The molecule has 0 spiro atoms. The molecule has 0 aromatic heterocycles. The molecule has 0 aliphatic heterocycles. The summed E-state index contributed by atoms with van der Waals surface area (Å²) in [6, 6.07) is 0.258. The molecule has 1 amide bonds. The zero-order valence-electron chi connectivity index (χ0n) is 11.3. The minimum atomic E-state index is -0.0122. The number of carbonyl (C=O) groups is 1. The minimum absolute atomic E-state index is 0.0122. The molecule has 0 aromatic rings. The lowest BCUT2D eigenvalue weighted by molar-refractivity contribution is -0.125. The molecule has 2 atom stereocenters. The largest absolute Gasteiger partial charge is 0.353 e. The monoisotopic (exact) mass is 228 g/mol. The van der Waals surface area contributed by atoms with Crippen molar-refractivity contribution in [2.24, 2.45) is 17.6 Å². The molecule has 0 rings (SSSR count). The number of amides is 1. The summed E-state index contributed by atoms with van der Waals surface area (Å²) in [4.78, 5) is 11.9. The molecule has 16 heavy (non-hydrogen) atoms. The molecule has 0 aliphatic carbocycles. The topological polar surface area (TPSA) is 55.1 Å². The van der Waals surface area contributed by atoms with E-state index in [1.54, 1.807) is 0 Å². The summed E-state index contributed by atoms with van der Waals surface area (Å²) in [5, 5.41) is 3.10. The second-order valence-electron chi connectivity index (χ2n) is 4.60. The fraction of sp³-hybridized carbons (Fsp3) is 0.923. The SMILES string of the molecule is CCCC(CN)C(=O)NC(C)C(CC)CC. The quantitative estimate of drug-likeness (QED) is 0.670. The lowest BCUT2D eigenvalue weighted by atomic mass is 9.94. The third-order valence-corrected chi connectivity index (χ3v) is 3.42. The highest BCUT2D eigenvalue weighted by Gasteiger charge is 2.20. The number of hydrogen-bond donors (Lipinski definition) is 2. The van der Waals surface area contributed by atoms with Crippen molar-refractivity contribution in [3.63, 3.8) is 0 Å². The van der Waals surface area contributed by atoms with Gasteiger partial charge in [0.05, 0.1) is 5.92 Å². The Morgan fingerprint density at radius 1 is 1.25 bits per heavy atom. The van der Waals surface area contributed by atoms with Gasteiger partial charge in [0.1, 0.15) is 0 Å². The lowest BCUT2D eigenvalue weighted by Crippen LogP contribution is -2.43. The van der Waals surface area contributed by atoms with Crippen LogP contribution in [0.5, 0.6) is 0 Å². The molecular formula is C13H28N2O. The van der Waals surface area contributed by atoms with E-state index in [0.29, 0.717) is 12.5 Å². The van der Waals surface area contributed by atoms with Crippen LogP contribution in [0.15, 0.2) is 0 Å². The Hall–Kier alpha value is -0.570. The van der Waals surface area contributed by atoms with Crippen LogP contribution in [0.1, 0.15) is 53.4 Å². The van der Waals surface area contributed by atoms with E-state index in [4.69, 9.17) is 5.73 Å². The molecule has 3 N–H and O–H groups in total. The van der Waals surface area contributed by atoms with Gasteiger partial charge >= 0.3 is 0 Å². The van der Waals surface area contributed by atoms with Crippen molar-refractivity contribution >= 4 is 5.91 Å². The summed E-state index contributed by atoms with van der Waals surface area (Å²) in [6.45, 7) is 8.97. The van der Waals surface area contributed by atoms with Crippen molar-refractivity contribution in [1.29, 1.82) is 0 Å². The maximum Gasteiger partial charge on any atom is 0.224 e. The van der Waals surface area contributed by atoms with E-state index < -0.39 is 0 Å². The van der Waals surface area contributed by atoms with Gasteiger partial charge in [-0.3, -0.25) is 4.79 Å².